The molecule has 41 heavy (non-hydrogen) atoms. The fourth-order valence-corrected chi connectivity index (χ4v) is 5.02. The van der Waals surface area contributed by atoms with Crippen LogP contribution in [0.25, 0.3) is 0 Å². The molecule has 3 aromatic rings. The Hall–Kier alpha value is -3.22. The third-order valence-electron chi connectivity index (χ3n) is 6.39. The molecule has 0 fully saturated rings. The number of carbonyl (C=O) groups excluding carboxylic acids is 2. The molecular weight excluding hydrogens is 559 g/mol. The van der Waals surface area contributed by atoms with Crippen molar-refractivity contribution in [2.45, 2.75) is 72.0 Å². The predicted molar refractivity (Wildman–Crippen MR) is 166 cm³/mol. The van der Waals surface area contributed by atoms with Crippen molar-refractivity contribution < 1.29 is 19.1 Å². The van der Waals surface area contributed by atoms with E-state index in [0.717, 1.165) is 11.1 Å². The molecule has 8 heteroatoms. The molecule has 0 saturated heterocycles. The Balaban J connectivity index is 1.96. The van der Waals surface area contributed by atoms with E-state index in [4.69, 9.17) is 32.7 Å². The monoisotopic (exact) mass is 598 g/mol. The molecule has 0 aliphatic heterocycles. The number of halogens is 2. The van der Waals surface area contributed by atoms with Gasteiger partial charge >= 0.3 is 0 Å². The van der Waals surface area contributed by atoms with E-state index in [1.807, 2.05) is 83.1 Å². The van der Waals surface area contributed by atoms with Crippen molar-refractivity contribution in [2.24, 2.45) is 0 Å². The molecule has 0 radical (unpaired) electrons. The van der Waals surface area contributed by atoms with Gasteiger partial charge < -0.3 is 19.7 Å². The minimum Gasteiger partial charge on any atom is -0.490 e. The van der Waals surface area contributed by atoms with Crippen LogP contribution in [0.1, 0.15) is 57.7 Å². The summed E-state index contributed by atoms with van der Waals surface area (Å²) in [5.74, 6) is 0.891. The van der Waals surface area contributed by atoms with Gasteiger partial charge in [0, 0.05) is 40.5 Å². The topological polar surface area (TPSA) is 67.9 Å². The summed E-state index contributed by atoms with van der Waals surface area (Å²) >= 11 is 13.1. The first kappa shape index (κ1) is 32.3. The van der Waals surface area contributed by atoms with Crippen molar-refractivity contribution >= 4 is 35.0 Å². The number of aryl methyl sites for hydroxylation is 1. The third-order valence-corrected chi connectivity index (χ3v) is 7.10. The van der Waals surface area contributed by atoms with Gasteiger partial charge in [0.05, 0.1) is 13.2 Å². The van der Waals surface area contributed by atoms with Crippen LogP contribution in [-0.2, 0) is 29.0 Å². The van der Waals surface area contributed by atoms with Gasteiger partial charge in [-0.1, -0.05) is 65.7 Å². The van der Waals surface area contributed by atoms with Crippen LogP contribution in [0, 0.1) is 0 Å². The molecule has 1 atom stereocenters. The lowest BCUT2D eigenvalue weighted by molar-refractivity contribution is -0.141. The minimum absolute atomic E-state index is 0.0971. The van der Waals surface area contributed by atoms with E-state index in [1.165, 1.54) is 0 Å². The highest BCUT2D eigenvalue weighted by molar-refractivity contribution is 6.36. The van der Waals surface area contributed by atoms with Gasteiger partial charge in [-0.3, -0.25) is 9.59 Å². The van der Waals surface area contributed by atoms with Gasteiger partial charge in [-0.25, -0.2) is 0 Å². The van der Waals surface area contributed by atoms with Crippen LogP contribution in [0.4, 0.5) is 0 Å². The van der Waals surface area contributed by atoms with Gasteiger partial charge in [-0.05, 0) is 76.4 Å². The molecule has 0 saturated carbocycles. The zero-order valence-electron chi connectivity index (χ0n) is 24.5. The number of nitrogens with one attached hydrogen (secondary N) is 1. The molecule has 2 amide bonds. The second kappa shape index (κ2) is 15.1. The first-order chi connectivity index (χ1) is 19.5. The number of benzene rings is 3. The molecule has 220 valence electrons. The SMILES string of the molecule is CCOc1ccc(CCC(=O)N(Cc2c(Cl)cccc2Cl)[C@H](Cc2ccccc2)C(=O)NC(C)(C)C)cc1OCC. The van der Waals surface area contributed by atoms with Gasteiger partial charge in [-0.15, -0.1) is 0 Å². The molecule has 6 nitrogen and oxygen atoms in total. The molecule has 0 aromatic heterocycles. The van der Waals surface area contributed by atoms with Crippen LogP contribution in [-0.4, -0.2) is 41.5 Å². The molecule has 0 heterocycles. The zero-order chi connectivity index (χ0) is 30.0. The molecule has 0 aliphatic rings. The largest absolute Gasteiger partial charge is 0.490 e. The summed E-state index contributed by atoms with van der Waals surface area (Å²) < 4.78 is 11.5. The maximum Gasteiger partial charge on any atom is 0.243 e. The second-order valence-corrected chi connectivity index (χ2v) is 11.6. The van der Waals surface area contributed by atoms with Gasteiger partial charge in [0.1, 0.15) is 6.04 Å². The van der Waals surface area contributed by atoms with Crippen molar-refractivity contribution in [1.82, 2.24) is 10.2 Å². The van der Waals surface area contributed by atoms with Crippen molar-refractivity contribution in [3.63, 3.8) is 0 Å². The number of nitrogens with zero attached hydrogens (tertiary/aromatic N) is 1. The Morgan fingerprint density at radius 1 is 0.854 bits per heavy atom. The van der Waals surface area contributed by atoms with Crippen LogP contribution < -0.4 is 14.8 Å². The standard InChI is InChI=1S/C33H40Cl2N2O4/c1-6-40-29-18-16-24(21-30(29)41-7-2)17-19-31(38)37(22-25-26(34)14-11-15-27(25)35)28(32(39)36-33(3,4)5)20-23-12-9-8-10-13-23/h8-16,18,21,28H,6-7,17,19-20,22H2,1-5H3,(H,36,39)/t28-/m1/s1. The highest BCUT2D eigenvalue weighted by Crippen LogP contribution is 2.30. The number of amides is 2. The average Bonchev–Trinajstić information content (AvgIpc) is 2.92. The molecule has 0 unspecified atom stereocenters. The molecule has 0 bridgehead atoms. The summed E-state index contributed by atoms with van der Waals surface area (Å²) in [6.07, 6.45) is 0.973. The van der Waals surface area contributed by atoms with Crippen molar-refractivity contribution in [3.8, 4) is 11.5 Å². The van der Waals surface area contributed by atoms with E-state index in [1.54, 1.807) is 23.1 Å². The Morgan fingerprint density at radius 3 is 2.10 bits per heavy atom. The van der Waals surface area contributed by atoms with E-state index in [-0.39, 0.29) is 24.8 Å². The molecule has 3 aromatic carbocycles. The van der Waals surface area contributed by atoms with Crippen LogP contribution in [0.2, 0.25) is 10.0 Å². The van der Waals surface area contributed by atoms with Crippen LogP contribution in [0.5, 0.6) is 11.5 Å². The third kappa shape index (κ3) is 9.68. The van der Waals surface area contributed by atoms with Crippen LogP contribution in [0.15, 0.2) is 66.7 Å². The highest BCUT2D eigenvalue weighted by atomic mass is 35.5. The van der Waals surface area contributed by atoms with Crippen LogP contribution >= 0.6 is 23.2 Å². The number of rotatable bonds is 13. The Morgan fingerprint density at radius 2 is 1.49 bits per heavy atom. The molecular formula is C33H40Cl2N2O4. The lowest BCUT2D eigenvalue weighted by Gasteiger charge is -2.34. The van der Waals surface area contributed by atoms with Gasteiger partial charge in [-0.2, -0.15) is 0 Å². The first-order valence-electron chi connectivity index (χ1n) is 14.0. The number of hydrogen-bond donors (Lipinski definition) is 1. The lowest BCUT2D eigenvalue weighted by atomic mass is 9.99. The van der Waals surface area contributed by atoms with E-state index >= 15 is 0 Å². The summed E-state index contributed by atoms with van der Waals surface area (Å²) in [4.78, 5) is 29.4. The van der Waals surface area contributed by atoms with Crippen molar-refractivity contribution in [2.75, 3.05) is 13.2 Å². The van der Waals surface area contributed by atoms with Gasteiger partial charge in [0.15, 0.2) is 11.5 Å². The van der Waals surface area contributed by atoms with E-state index in [2.05, 4.69) is 5.32 Å². The summed E-state index contributed by atoms with van der Waals surface area (Å²) in [6, 6.07) is 19.8. The number of hydrogen-bond acceptors (Lipinski definition) is 4. The maximum atomic E-state index is 14.0. The molecule has 3 rings (SSSR count). The number of ether oxygens (including phenoxy) is 2. The smallest absolute Gasteiger partial charge is 0.243 e. The molecule has 0 spiro atoms. The Labute approximate surface area is 253 Å². The molecule has 0 aliphatic carbocycles. The normalized spacial score (nSPS) is 12.0. The lowest BCUT2D eigenvalue weighted by Crippen LogP contribution is -2.54. The predicted octanol–water partition coefficient (Wildman–Crippen LogP) is 7.28. The molecule has 1 N–H and O–H groups in total. The quantitative estimate of drug-likeness (QED) is 0.224. The summed E-state index contributed by atoms with van der Waals surface area (Å²) in [5, 5.41) is 3.96. The fourth-order valence-electron chi connectivity index (χ4n) is 4.51. The van der Waals surface area contributed by atoms with Crippen molar-refractivity contribution in [1.29, 1.82) is 0 Å². The fraction of sp³-hybridized carbons (Fsp3) is 0.394. The van der Waals surface area contributed by atoms with Crippen LogP contribution in [0.3, 0.4) is 0 Å². The minimum atomic E-state index is -0.782. The Bertz CT molecular complexity index is 1290. The van der Waals surface area contributed by atoms with E-state index in [0.29, 0.717) is 53.2 Å². The first-order valence-corrected chi connectivity index (χ1v) is 14.7. The van der Waals surface area contributed by atoms with Gasteiger partial charge in [0.2, 0.25) is 11.8 Å². The van der Waals surface area contributed by atoms with E-state index < -0.39 is 11.6 Å². The van der Waals surface area contributed by atoms with E-state index in [9.17, 15) is 9.59 Å². The maximum absolute atomic E-state index is 14.0. The Kier molecular flexibility index (Phi) is 11.9. The summed E-state index contributed by atoms with van der Waals surface area (Å²) in [7, 11) is 0. The highest BCUT2D eigenvalue weighted by Gasteiger charge is 2.33. The van der Waals surface area contributed by atoms with Gasteiger partial charge in [0.25, 0.3) is 0 Å². The second-order valence-electron chi connectivity index (χ2n) is 10.8. The summed E-state index contributed by atoms with van der Waals surface area (Å²) in [6.45, 7) is 10.7. The van der Waals surface area contributed by atoms with Crippen molar-refractivity contribution in [3.05, 3.63) is 93.5 Å². The summed E-state index contributed by atoms with van der Waals surface area (Å²) in [5.41, 5.74) is 1.99. The zero-order valence-corrected chi connectivity index (χ0v) is 26.0. The average molecular weight is 600 g/mol. The number of carbonyl (C=O) groups is 2.